The summed E-state index contributed by atoms with van der Waals surface area (Å²) < 4.78 is 7.12. The van der Waals surface area contributed by atoms with Gasteiger partial charge in [0.2, 0.25) is 5.95 Å². The molecular weight excluding hydrogens is 360 g/mol. The molecule has 0 aliphatic rings. The summed E-state index contributed by atoms with van der Waals surface area (Å²) in [6.45, 7) is 6.45. The quantitative estimate of drug-likeness (QED) is 0.467. The molecule has 28 heavy (non-hydrogen) atoms. The van der Waals surface area contributed by atoms with Crippen LogP contribution < -0.4 is 15.4 Å². The third-order valence-electron chi connectivity index (χ3n) is 4.28. The number of rotatable bonds is 8. The number of benzene rings is 1. The van der Waals surface area contributed by atoms with E-state index in [1.54, 1.807) is 19.3 Å². The molecule has 9 heteroatoms. The fourth-order valence-corrected chi connectivity index (χ4v) is 2.79. The van der Waals surface area contributed by atoms with Crippen LogP contribution in [0, 0.1) is 0 Å². The molecule has 9 nitrogen and oxygen atoms in total. The molecule has 150 valence electrons. The van der Waals surface area contributed by atoms with Gasteiger partial charge in [-0.05, 0) is 26.8 Å². The number of phenols is 1. The molecule has 2 aromatic heterocycles. The van der Waals surface area contributed by atoms with Gasteiger partial charge >= 0.3 is 0 Å². The Hall–Kier alpha value is -3.07. The van der Waals surface area contributed by atoms with Crippen LogP contribution in [0.15, 0.2) is 24.5 Å². The van der Waals surface area contributed by atoms with Crippen LogP contribution in [-0.4, -0.2) is 49.5 Å². The van der Waals surface area contributed by atoms with Gasteiger partial charge in [-0.1, -0.05) is 12.1 Å². The van der Waals surface area contributed by atoms with E-state index in [-0.39, 0.29) is 11.8 Å². The van der Waals surface area contributed by atoms with Crippen LogP contribution in [0.2, 0.25) is 0 Å². The van der Waals surface area contributed by atoms with Crippen LogP contribution in [0.4, 0.5) is 11.8 Å². The largest absolute Gasteiger partial charge is 0.504 e. The second-order valence-corrected chi connectivity index (χ2v) is 6.87. The van der Waals surface area contributed by atoms with Gasteiger partial charge in [-0.3, -0.25) is 0 Å². The minimum absolute atomic E-state index is 0.0861. The highest BCUT2D eigenvalue weighted by Crippen LogP contribution is 2.30. The highest BCUT2D eigenvalue weighted by molar-refractivity contribution is 5.84. The van der Waals surface area contributed by atoms with E-state index < -0.39 is 6.10 Å². The molecule has 0 amide bonds. The normalized spacial score (nSPS) is 12.4. The van der Waals surface area contributed by atoms with E-state index in [2.05, 4.69) is 25.6 Å². The fraction of sp³-hybridized carbons (Fsp3) is 0.421. The van der Waals surface area contributed by atoms with Crippen molar-refractivity contribution in [3.63, 3.8) is 0 Å². The van der Waals surface area contributed by atoms with Crippen molar-refractivity contribution in [1.82, 2.24) is 19.5 Å². The molecule has 2 heterocycles. The van der Waals surface area contributed by atoms with Gasteiger partial charge in [0, 0.05) is 24.7 Å². The number of para-hydroxylation sites is 1. The van der Waals surface area contributed by atoms with Crippen LogP contribution in [0.1, 0.15) is 32.4 Å². The molecule has 0 radical (unpaired) electrons. The van der Waals surface area contributed by atoms with E-state index in [1.807, 2.05) is 30.5 Å². The maximum absolute atomic E-state index is 10.3. The molecule has 0 saturated carbocycles. The Labute approximate surface area is 163 Å². The predicted octanol–water partition coefficient (Wildman–Crippen LogP) is 2.53. The smallest absolute Gasteiger partial charge is 0.226 e. The molecule has 4 N–H and O–H groups in total. The first-order valence-corrected chi connectivity index (χ1v) is 9.16. The Kier molecular flexibility index (Phi) is 5.84. The standard InChI is InChI=1S/C19H26N6O3/c1-11(2)25-10-22-15-17(23-19(24-18(15)25)21-8-12(3)26)20-9-13-6-5-7-14(28-4)16(13)27/h5-7,10-12,26-27H,8-9H2,1-4H3,(H2,20,21,23,24)/t12-/m1/s1. The summed E-state index contributed by atoms with van der Waals surface area (Å²) in [5.41, 5.74) is 2.00. The predicted molar refractivity (Wildman–Crippen MR) is 108 cm³/mol. The van der Waals surface area contributed by atoms with E-state index in [9.17, 15) is 10.2 Å². The summed E-state index contributed by atoms with van der Waals surface area (Å²) in [5, 5.41) is 26.1. The molecule has 0 aliphatic carbocycles. The Morgan fingerprint density at radius 2 is 1.96 bits per heavy atom. The molecule has 3 rings (SSSR count). The Morgan fingerprint density at radius 3 is 2.64 bits per heavy atom. The Morgan fingerprint density at radius 1 is 1.18 bits per heavy atom. The number of aromatic nitrogens is 4. The van der Waals surface area contributed by atoms with E-state index in [0.29, 0.717) is 47.3 Å². The van der Waals surface area contributed by atoms with Gasteiger partial charge in [0.05, 0.1) is 19.5 Å². The van der Waals surface area contributed by atoms with E-state index in [0.717, 1.165) is 0 Å². The summed E-state index contributed by atoms with van der Waals surface area (Å²) in [4.78, 5) is 13.5. The number of ether oxygens (including phenoxy) is 1. The Bertz CT molecular complexity index is 954. The number of aliphatic hydroxyl groups excluding tert-OH is 1. The Balaban J connectivity index is 1.94. The average Bonchev–Trinajstić information content (AvgIpc) is 3.09. The van der Waals surface area contributed by atoms with Gasteiger partial charge in [-0.15, -0.1) is 0 Å². The number of aromatic hydroxyl groups is 1. The zero-order valence-corrected chi connectivity index (χ0v) is 16.5. The van der Waals surface area contributed by atoms with Crippen molar-refractivity contribution >= 4 is 22.9 Å². The minimum Gasteiger partial charge on any atom is -0.504 e. The second kappa shape index (κ2) is 8.30. The molecule has 1 aromatic carbocycles. The topological polar surface area (TPSA) is 117 Å². The van der Waals surface area contributed by atoms with Crippen molar-refractivity contribution in [3.8, 4) is 11.5 Å². The number of aliphatic hydroxyl groups is 1. The lowest BCUT2D eigenvalue weighted by Gasteiger charge is -2.13. The van der Waals surface area contributed by atoms with Crippen LogP contribution in [0.5, 0.6) is 11.5 Å². The first-order valence-electron chi connectivity index (χ1n) is 9.16. The SMILES string of the molecule is COc1cccc(CNc2nc(NC[C@@H](C)O)nc3c2ncn3C(C)C)c1O. The summed E-state index contributed by atoms with van der Waals surface area (Å²) in [7, 11) is 1.51. The molecule has 0 saturated heterocycles. The number of methoxy groups -OCH3 is 1. The summed E-state index contributed by atoms with van der Waals surface area (Å²) in [6, 6.07) is 5.50. The van der Waals surface area contributed by atoms with Crippen LogP contribution >= 0.6 is 0 Å². The first kappa shape index (κ1) is 19.7. The zero-order valence-electron chi connectivity index (χ0n) is 16.5. The number of nitrogens with zero attached hydrogens (tertiary/aromatic N) is 4. The summed E-state index contributed by atoms with van der Waals surface area (Å²) in [6.07, 6.45) is 1.20. The maximum Gasteiger partial charge on any atom is 0.226 e. The monoisotopic (exact) mass is 386 g/mol. The summed E-state index contributed by atoms with van der Waals surface area (Å²) >= 11 is 0. The number of hydrogen-bond acceptors (Lipinski definition) is 8. The molecule has 0 unspecified atom stereocenters. The van der Waals surface area contributed by atoms with E-state index in [1.165, 1.54) is 7.11 Å². The lowest BCUT2D eigenvalue weighted by atomic mass is 10.2. The van der Waals surface area contributed by atoms with Gasteiger partial charge < -0.3 is 30.2 Å². The molecule has 1 atom stereocenters. The van der Waals surface area contributed by atoms with E-state index >= 15 is 0 Å². The van der Waals surface area contributed by atoms with Gasteiger partial charge in [-0.2, -0.15) is 9.97 Å². The molecular formula is C19H26N6O3. The number of phenolic OH excluding ortho intramolecular Hbond substituents is 1. The molecule has 0 bridgehead atoms. The zero-order chi connectivity index (χ0) is 20.3. The number of anilines is 2. The van der Waals surface area contributed by atoms with Crippen molar-refractivity contribution in [2.45, 2.75) is 39.5 Å². The van der Waals surface area contributed by atoms with Crippen LogP contribution in [-0.2, 0) is 6.54 Å². The highest BCUT2D eigenvalue weighted by atomic mass is 16.5. The van der Waals surface area contributed by atoms with Gasteiger partial charge in [0.25, 0.3) is 0 Å². The van der Waals surface area contributed by atoms with Gasteiger partial charge in [-0.25, -0.2) is 4.98 Å². The summed E-state index contributed by atoms with van der Waals surface area (Å²) in [5.74, 6) is 1.44. The fourth-order valence-electron chi connectivity index (χ4n) is 2.79. The van der Waals surface area contributed by atoms with Crippen LogP contribution in [0.25, 0.3) is 11.2 Å². The number of fused-ring (bicyclic) bond motifs is 1. The molecule has 0 fully saturated rings. The maximum atomic E-state index is 10.3. The molecule has 3 aromatic rings. The average molecular weight is 386 g/mol. The van der Waals surface area contributed by atoms with Crippen molar-refractivity contribution in [2.75, 3.05) is 24.3 Å². The lowest BCUT2D eigenvalue weighted by molar-refractivity contribution is 0.208. The third kappa shape index (κ3) is 4.09. The molecule has 0 spiro atoms. The lowest BCUT2D eigenvalue weighted by Crippen LogP contribution is -2.18. The van der Waals surface area contributed by atoms with Crippen molar-refractivity contribution in [3.05, 3.63) is 30.1 Å². The first-order chi connectivity index (χ1) is 13.4. The van der Waals surface area contributed by atoms with Gasteiger partial charge in [0.15, 0.2) is 28.5 Å². The highest BCUT2D eigenvalue weighted by Gasteiger charge is 2.16. The number of imidazole rings is 1. The van der Waals surface area contributed by atoms with Crippen molar-refractivity contribution < 1.29 is 14.9 Å². The van der Waals surface area contributed by atoms with Crippen molar-refractivity contribution in [2.24, 2.45) is 0 Å². The number of nitrogens with one attached hydrogen (secondary N) is 2. The minimum atomic E-state index is -0.528. The number of hydrogen-bond donors (Lipinski definition) is 4. The van der Waals surface area contributed by atoms with Gasteiger partial charge in [0.1, 0.15) is 0 Å². The second-order valence-electron chi connectivity index (χ2n) is 6.87. The molecule has 0 aliphatic heterocycles. The van der Waals surface area contributed by atoms with E-state index in [4.69, 9.17) is 4.74 Å². The van der Waals surface area contributed by atoms with Crippen molar-refractivity contribution in [1.29, 1.82) is 0 Å². The third-order valence-corrected chi connectivity index (χ3v) is 4.28. The van der Waals surface area contributed by atoms with Crippen LogP contribution in [0.3, 0.4) is 0 Å².